The largest absolute Gasteiger partial charge is 0.376 e. The number of aromatic nitrogens is 1. The number of nitrogens with one attached hydrogen (secondary N) is 3. The van der Waals surface area contributed by atoms with E-state index in [9.17, 15) is 4.79 Å². The first-order chi connectivity index (χ1) is 14.3. The summed E-state index contributed by atoms with van der Waals surface area (Å²) in [6.07, 6.45) is 3.33. The van der Waals surface area contributed by atoms with Crippen molar-refractivity contribution >= 4 is 28.2 Å². The van der Waals surface area contributed by atoms with E-state index in [1.807, 2.05) is 19.1 Å². The molecule has 3 N–H and O–H groups in total. The molecule has 30 heavy (non-hydrogen) atoms. The Morgan fingerprint density at radius 3 is 2.83 bits per heavy atom. The molecule has 1 fully saturated rings. The Bertz CT molecular complexity index is 935. The van der Waals surface area contributed by atoms with Crippen molar-refractivity contribution in [3.63, 3.8) is 0 Å². The highest BCUT2D eigenvalue weighted by molar-refractivity contribution is 7.80. The van der Waals surface area contributed by atoms with Gasteiger partial charge in [-0.25, -0.2) is 0 Å². The molecule has 1 aromatic heterocycles. The number of thiocarbonyl (C=S) groups is 1. The van der Waals surface area contributed by atoms with Gasteiger partial charge in [0.15, 0.2) is 5.11 Å². The smallest absolute Gasteiger partial charge is 0.253 e. The fourth-order valence-corrected chi connectivity index (χ4v) is 4.28. The van der Waals surface area contributed by atoms with Gasteiger partial charge in [0.05, 0.1) is 33.3 Å². The van der Waals surface area contributed by atoms with Gasteiger partial charge in [0.25, 0.3) is 5.56 Å². The Hall–Kier alpha value is -1.96. The van der Waals surface area contributed by atoms with Gasteiger partial charge in [0.1, 0.15) is 0 Å². The van der Waals surface area contributed by atoms with Crippen LogP contribution in [0, 0.1) is 13.8 Å². The lowest BCUT2D eigenvalue weighted by molar-refractivity contribution is -0.858. The molecule has 3 rings (SSSR count). The van der Waals surface area contributed by atoms with E-state index >= 15 is 0 Å². The molecular weight excluding hydrogens is 396 g/mol. The fraction of sp³-hybridized carbons (Fsp3) is 0.565. The maximum absolute atomic E-state index is 12.8. The monoisotopic (exact) mass is 431 g/mol. The van der Waals surface area contributed by atoms with Crippen LogP contribution in [0.3, 0.4) is 0 Å². The van der Waals surface area contributed by atoms with Gasteiger partial charge in [-0.15, -0.1) is 0 Å². The zero-order valence-corrected chi connectivity index (χ0v) is 19.5. The molecule has 0 amide bonds. The molecule has 0 saturated carbocycles. The average Bonchev–Trinajstić information content (AvgIpc) is 3.18. The number of H-pyrrole nitrogens is 1. The number of quaternary nitrogens is 1. The van der Waals surface area contributed by atoms with Crippen LogP contribution in [0.1, 0.15) is 36.0 Å². The summed E-state index contributed by atoms with van der Waals surface area (Å²) in [7, 11) is 4.30. The third-order valence-corrected chi connectivity index (χ3v) is 6.02. The minimum Gasteiger partial charge on any atom is -0.376 e. The molecule has 1 aliphatic rings. The second kappa shape index (κ2) is 10.4. The van der Waals surface area contributed by atoms with E-state index < -0.39 is 0 Å². The third kappa shape index (κ3) is 6.03. The summed E-state index contributed by atoms with van der Waals surface area (Å²) in [5.74, 6) is 0. The molecule has 7 heteroatoms. The van der Waals surface area contributed by atoms with E-state index in [-0.39, 0.29) is 11.7 Å². The lowest BCUT2D eigenvalue weighted by Crippen LogP contribution is -3.05. The number of rotatable bonds is 8. The molecule has 6 nitrogen and oxygen atoms in total. The zero-order chi connectivity index (χ0) is 21.7. The minimum absolute atomic E-state index is 0.0520. The van der Waals surface area contributed by atoms with Crippen molar-refractivity contribution in [3.05, 3.63) is 45.2 Å². The van der Waals surface area contributed by atoms with Crippen molar-refractivity contribution in [2.24, 2.45) is 0 Å². The molecule has 0 spiro atoms. The van der Waals surface area contributed by atoms with Crippen molar-refractivity contribution in [3.8, 4) is 0 Å². The van der Waals surface area contributed by atoms with Crippen LogP contribution in [0.5, 0.6) is 0 Å². The average molecular weight is 432 g/mol. The van der Waals surface area contributed by atoms with E-state index in [1.54, 1.807) is 0 Å². The first-order valence-electron chi connectivity index (χ1n) is 10.9. The molecular formula is C23H35N4O2S+. The van der Waals surface area contributed by atoms with E-state index in [4.69, 9.17) is 17.0 Å². The van der Waals surface area contributed by atoms with Gasteiger partial charge in [0, 0.05) is 42.6 Å². The van der Waals surface area contributed by atoms with Gasteiger partial charge in [-0.1, -0.05) is 6.07 Å². The summed E-state index contributed by atoms with van der Waals surface area (Å²) in [5.41, 5.74) is 3.88. The number of fused-ring (bicyclic) bond motifs is 1. The predicted octanol–water partition coefficient (Wildman–Crippen LogP) is 1.54. The highest BCUT2D eigenvalue weighted by atomic mass is 32.1. The summed E-state index contributed by atoms with van der Waals surface area (Å²) in [6.45, 7) is 8.03. The number of hydrogen-bond donors (Lipinski definition) is 3. The molecule has 2 heterocycles. The predicted molar refractivity (Wildman–Crippen MR) is 126 cm³/mol. The van der Waals surface area contributed by atoms with Crippen LogP contribution in [0.2, 0.25) is 0 Å². The van der Waals surface area contributed by atoms with Crippen molar-refractivity contribution in [1.82, 2.24) is 15.2 Å². The van der Waals surface area contributed by atoms with Crippen molar-refractivity contribution in [2.45, 2.75) is 45.8 Å². The Morgan fingerprint density at radius 2 is 2.13 bits per heavy atom. The Balaban J connectivity index is 1.78. The summed E-state index contributed by atoms with van der Waals surface area (Å²) < 4.78 is 5.84. The molecule has 0 aliphatic carbocycles. The summed E-state index contributed by atoms with van der Waals surface area (Å²) in [6, 6.07) is 6.19. The lowest BCUT2D eigenvalue weighted by Gasteiger charge is -2.28. The quantitative estimate of drug-likeness (QED) is 0.437. The number of aromatic amines is 1. The molecule has 1 atom stereocenters. The maximum Gasteiger partial charge on any atom is 0.253 e. The highest BCUT2D eigenvalue weighted by Crippen LogP contribution is 2.20. The molecule has 1 saturated heterocycles. The Labute approximate surface area is 184 Å². The Morgan fingerprint density at radius 1 is 1.33 bits per heavy atom. The second-order valence-electron chi connectivity index (χ2n) is 8.72. The molecule has 1 aliphatic heterocycles. The van der Waals surface area contributed by atoms with Crippen LogP contribution >= 0.6 is 12.2 Å². The molecule has 2 aromatic rings. The molecule has 0 radical (unpaired) electrons. The second-order valence-corrected chi connectivity index (χ2v) is 9.11. The van der Waals surface area contributed by atoms with Crippen molar-refractivity contribution < 1.29 is 9.64 Å². The number of nitrogens with zero attached hydrogens (tertiary/aromatic N) is 1. The standard InChI is InChI=1S/C23H34N4O2S/c1-16-11-17(2)20-13-18(22(28)25-21(20)12-16)14-27(15-19-7-5-10-29-19)23(30)24-8-6-9-26(3)4/h11-13,19H,5-10,14-15H2,1-4H3,(H,24,30)(H,25,28)/p+1/t19-/m1/s1. The number of pyridine rings is 1. The van der Waals surface area contributed by atoms with Gasteiger partial charge in [-0.3, -0.25) is 4.79 Å². The SMILES string of the molecule is Cc1cc(C)c2cc(CN(C[C@H]3CCCO3)C(=S)NCCC[NH+](C)C)c(=O)[nH]c2c1. The van der Waals surface area contributed by atoms with Crippen LogP contribution in [0.25, 0.3) is 10.9 Å². The molecule has 0 bridgehead atoms. The van der Waals surface area contributed by atoms with Crippen LogP contribution in [-0.4, -0.2) is 61.4 Å². The lowest BCUT2D eigenvalue weighted by atomic mass is 10.0. The molecule has 1 aromatic carbocycles. The number of aryl methyl sites for hydroxylation is 2. The number of ether oxygens (including phenoxy) is 1. The fourth-order valence-electron chi connectivity index (χ4n) is 4.04. The zero-order valence-electron chi connectivity index (χ0n) is 18.6. The van der Waals surface area contributed by atoms with Crippen LogP contribution in [-0.2, 0) is 11.3 Å². The minimum atomic E-state index is -0.0520. The van der Waals surface area contributed by atoms with Crippen LogP contribution < -0.4 is 15.8 Å². The molecule has 0 unspecified atom stereocenters. The summed E-state index contributed by atoms with van der Waals surface area (Å²) >= 11 is 5.71. The first-order valence-corrected chi connectivity index (χ1v) is 11.3. The van der Waals surface area contributed by atoms with E-state index in [2.05, 4.69) is 42.3 Å². The summed E-state index contributed by atoms with van der Waals surface area (Å²) in [4.78, 5) is 19.4. The van der Waals surface area contributed by atoms with Crippen molar-refractivity contribution in [1.29, 1.82) is 0 Å². The topological polar surface area (TPSA) is 61.8 Å². The van der Waals surface area contributed by atoms with E-state index in [0.717, 1.165) is 61.0 Å². The van der Waals surface area contributed by atoms with Crippen LogP contribution in [0.15, 0.2) is 23.0 Å². The van der Waals surface area contributed by atoms with E-state index in [1.165, 1.54) is 10.5 Å². The van der Waals surface area contributed by atoms with Gasteiger partial charge in [0.2, 0.25) is 0 Å². The van der Waals surface area contributed by atoms with Crippen LogP contribution in [0.4, 0.5) is 0 Å². The first kappa shape index (κ1) is 22.7. The third-order valence-electron chi connectivity index (χ3n) is 5.62. The normalized spacial score (nSPS) is 16.4. The number of benzene rings is 1. The Kier molecular flexibility index (Phi) is 7.86. The highest BCUT2D eigenvalue weighted by Gasteiger charge is 2.22. The van der Waals surface area contributed by atoms with E-state index in [0.29, 0.717) is 18.2 Å². The maximum atomic E-state index is 12.8. The van der Waals surface area contributed by atoms with Gasteiger partial charge in [-0.2, -0.15) is 0 Å². The van der Waals surface area contributed by atoms with Gasteiger partial charge < -0.3 is 24.8 Å². The number of hydrogen-bond acceptors (Lipinski definition) is 3. The van der Waals surface area contributed by atoms with Gasteiger partial charge >= 0.3 is 0 Å². The van der Waals surface area contributed by atoms with Gasteiger partial charge in [-0.05, 0) is 62.2 Å². The summed E-state index contributed by atoms with van der Waals surface area (Å²) in [5, 5.41) is 5.16. The molecule has 164 valence electrons. The van der Waals surface area contributed by atoms with Crippen molar-refractivity contribution in [2.75, 3.05) is 40.3 Å².